The predicted octanol–water partition coefficient (Wildman–Crippen LogP) is 2.11. The van der Waals surface area contributed by atoms with Gasteiger partial charge < -0.3 is 10.3 Å². The maximum Gasteiger partial charge on any atom is 0.184 e. The van der Waals surface area contributed by atoms with Crippen LogP contribution in [0.1, 0.15) is 5.56 Å². The molecule has 3 N–H and O–H groups in total. The molecule has 0 saturated heterocycles. The van der Waals surface area contributed by atoms with Crippen LogP contribution in [-0.2, 0) is 7.05 Å². The van der Waals surface area contributed by atoms with E-state index < -0.39 is 0 Å². The molecule has 1 aromatic heterocycles. The minimum absolute atomic E-state index is 0.151. The maximum absolute atomic E-state index is 5.30. The van der Waals surface area contributed by atoms with Gasteiger partial charge >= 0.3 is 0 Å². The third-order valence-electron chi connectivity index (χ3n) is 2.44. The summed E-state index contributed by atoms with van der Waals surface area (Å²) < 4.78 is 3.02. The predicted molar refractivity (Wildman–Crippen MR) is 78.1 cm³/mol. The molecule has 0 radical (unpaired) electrons. The lowest BCUT2D eigenvalue weighted by atomic mass is 10.2. The number of hydrogen-bond acceptors (Lipinski definition) is 2. The van der Waals surface area contributed by atoms with Crippen molar-refractivity contribution in [3.8, 4) is 0 Å². The molecule has 0 aliphatic rings. The molecule has 17 heavy (non-hydrogen) atoms. The molecule has 0 fully saturated rings. The van der Waals surface area contributed by atoms with Gasteiger partial charge in [0.05, 0.1) is 10.8 Å². The molecule has 0 bridgehead atoms. The minimum Gasteiger partial charge on any atom is -0.375 e. The highest BCUT2D eigenvalue weighted by molar-refractivity contribution is 9.10. The van der Waals surface area contributed by atoms with Crippen LogP contribution < -0.4 is 11.2 Å². The van der Waals surface area contributed by atoms with E-state index >= 15 is 0 Å². The first-order valence-electron chi connectivity index (χ1n) is 4.92. The Bertz CT molecular complexity index is 603. The second kappa shape index (κ2) is 4.85. The Morgan fingerprint density at radius 3 is 2.94 bits per heavy atom. The molecule has 88 valence electrons. The van der Waals surface area contributed by atoms with Gasteiger partial charge in [0.25, 0.3) is 0 Å². The number of nitrogens with zero attached hydrogens (tertiary/aromatic N) is 2. The number of benzene rings is 1. The summed E-state index contributed by atoms with van der Waals surface area (Å²) in [6.07, 6.45) is 1.70. The number of nitrogens with one attached hydrogen (secondary N) is 1. The van der Waals surface area contributed by atoms with Gasteiger partial charge in [-0.15, -0.1) is 0 Å². The SMILES string of the molecule is Cn1c(Br)c(/C=N/NC(N)=S)c2ccccc21. The molecule has 4 nitrogen and oxygen atoms in total. The Morgan fingerprint density at radius 2 is 2.24 bits per heavy atom. The number of aromatic nitrogens is 1. The molecule has 1 heterocycles. The van der Waals surface area contributed by atoms with Crippen molar-refractivity contribution in [1.29, 1.82) is 0 Å². The summed E-state index contributed by atoms with van der Waals surface area (Å²) >= 11 is 8.22. The van der Waals surface area contributed by atoms with E-state index in [-0.39, 0.29) is 5.11 Å². The fourth-order valence-corrected chi connectivity index (χ4v) is 2.23. The van der Waals surface area contributed by atoms with Crippen LogP contribution in [0.3, 0.4) is 0 Å². The largest absolute Gasteiger partial charge is 0.375 e. The Labute approximate surface area is 113 Å². The monoisotopic (exact) mass is 310 g/mol. The number of fused-ring (bicyclic) bond motifs is 1. The van der Waals surface area contributed by atoms with Gasteiger partial charge in [0, 0.05) is 23.5 Å². The molecule has 0 spiro atoms. The molecule has 2 rings (SSSR count). The summed E-state index contributed by atoms with van der Waals surface area (Å²) in [6, 6.07) is 8.09. The van der Waals surface area contributed by atoms with E-state index in [1.165, 1.54) is 0 Å². The van der Waals surface area contributed by atoms with Crippen LogP contribution in [-0.4, -0.2) is 15.9 Å². The maximum atomic E-state index is 5.30. The van der Waals surface area contributed by atoms with Gasteiger partial charge in [0.15, 0.2) is 5.11 Å². The Balaban J connectivity index is 2.50. The Hall–Kier alpha value is -1.40. The lowest BCUT2D eigenvalue weighted by Crippen LogP contribution is -2.24. The summed E-state index contributed by atoms with van der Waals surface area (Å²) in [5.74, 6) is 0. The highest BCUT2D eigenvalue weighted by Crippen LogP contribution is 2.27. The van der Waals surface area contributed by atoms with Gasteiger partial charge in [-0.05, 0) is 34.2 Å². The van der Waals surface area contributed by atoms with Crippen LogP contribution in [0.2, 0.25) is 0 Å². The average molecular weight is 311 g/mol. The fraction of sp³-hybridized carbons (Fsp3) is 0.0909. The van der Waals surface area contributed by atoms with Crippen molar-refractivity contribution in [3.05, 3.63) is 34.4 Å². The van der Waals surface area contributed by atoms with Crippen molar-refractivity contribution >= 4 is 50.4 Å². The summed E-state index contributed by atoms with van der Waals surface area (Å²) in [4.78, 5) is 0. The molecule has 0 amide bonds. The highest BCUT2D eigenvalue weighted by atomic mass is 79.9. The number of nitrogens with two attached hydrogens (primary N) is 1. The molecule has 0 unspecified atom stereocenters. The number of hydrogen-bond donors (Lipinski definition) is 2. The Kier molecular flexibility index (Phi) is 3.44. The van der Waals surface area contributed by atoms with E-state index in [9.17, 15) is 0 Å². The van der Waals surface area contributed by atoms with Crippen LogP contribution in [0.4, 0.5) is 0 Å². The van der Waals surface area contributed by atoms with E-state index in [2.05, 4.69) is 49.3 Å². The van der Waals surface area contributed by atoms with E-state index in [1.54, 1.807) is 6.21 Å². The molecule has 1 aromatic carbocycles. The molecule has 2 aromatic rings. The van der Waals surface area contributed by atoms with Gasteiger partial charge in [-0.25, -0.2) is 0 Å². The number of para-hydroxylation sites is 1. The van der Waals surface area contributed by atoms with Gasteiger partial charge in [0.1, 0.15) is 0 Å². The van der Waals surface area contributed by atoms with Crippen LogP contribution in [0, 0.1) is 0 Å². The lowest BCUT2D eigenvalue weighted by Gasteiger charge is -1.96. The zero-order chi connectivity index (χ0) is 12.4. The van der Waals surface area contributed by atoms with Crippen molar-refractivity contribution in [2.45, 2.75) is 0 Å². The summed E-state index contributed by atoms with van der Waals surface area (Å²) in [6.45, 7) is 0. The third-order valence-corrected chi connectivity index (χ3v) is 3.49. The average Bonchev–Trinajstić information content (AvgIpc) is 2.54. The normalized spacial score (nSPS) is 11.2. The van der Waals surface area contributed by atoms with Crippen LogP contribution in [0.5, 0.6) is 0 Å². The number of hydrazone groups is 1. The molecule has 0 saturated carbocycles. The van der Waals surface area contributed by atoms with E-state index in [1.807, 2.05) is 25.2 Å². The second-order valence-electron chi connectivity index (χ2n) is 3.51. The second-order valence-corrected chi connectivity index (χ2v) is 4.71. The van der Waals surface area contributed by atoms with Crippen LogP contribution >= 0.6 is 28.1 Å². The van der Waals surface area contributed by atoms with Crippen LogP contribution in [0.25, 0.3) is 10.9 Å². The van der Waals surface area contributed by atoms with Gasteiger partial charge in [0.2, 0.25) is 0 Å². The van der Waals surface area contributed by atoms with Crippen molar-refractivity contribution in [2.75, 3.05) is 0 Å². The quantitative estimate of drug-likeness (QED) is 0.507. The minimum atomic E-state index is 0.151. The highest BCUT2D eigenvalue weighted by Gasteiger charge is 2.10. The first-order chi connectivity index (χ1) is 8.11. The van der Waals surface area contributed by atoms with E-state index in [0.717, 1.165) is 21.1 Å². The number of halogens is 1. The summed E-state index contributed by atoms with van der Waals surface area (Å²) in [5.41, 5.74) is 9.97. The number of aryl methyl sites for hydroxylation is 1. The van der Waals surface area contributed by atoms with Gasteiger partial charge in [-0.1, -0.05) is 18.2 Å². The van der Waals surface area contributed by atoms with Crippen LogP contribution in [0.15, 0.2) is 34.0 Å². The summed E-state index contributed by atoms with van der Waals surface area (Å²) in [5, 5.41) is 5.25. The lowest BCUT2D eigenvalue weighted by molar-refractivity contribution is 0.939. The van der Waals surface area contributed by atoms with Crippen molar-refractivity contribution in [3.63, 3.8) is 0 Å². The molecule has 0 aliphatic carbocycles. The summed E-state index contributed by atoms with van der Waals surface area (Å²) in [7, 11) is 1.99. The molecule has 6 heteroatoms. The molecular weight excluding hydrogens is 300 g/mol. The first kappa shape index (κ1) is 12.1. The Morgan fingerprint density at radius 1 is 1.53 bits per heavy atom. The van der Waals surface area contributed by atoms with E-state index in [0.29, 0.717) is 0 Å². The van der Waals surface area contributed by atoms with Crippen molar-refractivity contribution < 1.29 is 0 Å². The smallest absolute Gasteiger partial charge is 0.184 e. The number of thiocarbonyl (C=S) groups is 1. The zero-order valence-corrected chi connectivity index (χ0v) is 11.5. The van der Waals surface area contributed by atoms with Crippen molar-refractivity contribution in [1.82, 2.24) is 9.99 Å². The topological polar surface area (TPSA) is 55.3 Å². The molecule has 0 aliphatic heterocycles. The zero-order valence-electron chi connectivity index (χ0n) is 9.14. The fourth-order valence-electron chi connectivity index (χ4n) is 1.67. The first-order valence-corrected chi connectivity index (χ1v) is 6.13. The third kappa shape index (κ3) is 2.32. The molecular formula is C11H11BrN4S. The van der Waals surface area contributed by atoms with Gasteiger partial charge in [-0.3, -0.25) is 5.43 Å². The molecule has 0 atom stereocenters. The van der Waals surface area contributed by atoms with E-state index in [4.69, 9.17) is 5.73 Å². The van der Waals surface area contributed by atoms with Gasteiger partial charge in [-0.2, -0.15) is 5.10 Å². The standard InChI is InChI=1S/C11H11BrN4S/c1-16-9-5-3-2-4-7(9)8(10(16)12)6-14-15-11(13)17/h2-6H,1H3,(H3,13,15,17)/b14-6+. The van der Waals surface area contributed by atoms with Crippen molar-refractivity contribution in [2.24, 2.45) is 17.9 Å². The number of rotatable bonds is 2.